The molecule has 74 valence electrons. The molecule has 1 aliphatic rings. The van der Waals surface area contributed by atoms with Gasteiger partial charge in [0, 0.05) is 25.1 Å². The lowest BCUT2D eigenvalue weighted by atomic mass is 10.1. The van der Waals surface area contributed by atoms with Crippen molar-refractivity contribution >= 4 is 5.91 Å². The summed E-state index contributed by atoms with van der Waals surface area (Å²) in [7, 11) is 0. The van der Waals surface area contributed by atoms with Gasteiger partial charge in [0.15, 0.2) is 0 Å². The van der Waals surface area contributed by atoms with Gasteiger partial charge in [-0.05, 0) is 11.6 Å². The van der Waals surface area contributed by atoms with Gasteiger partial charge in [-0.2, -0.15) is 0 Å². The lowest BCUT2D eigenvalue weighted by Gasteiger charge is -2.13. The number of fused-ring (bicyclic) bond motifs is 1. The zero-order valence-electron chi connectivity index (χ0n) is 8.16. The summed E-state index contributed by atoms with van der Waals surface area (Å²) in [5, 5.41) is 9.57. The number of amides is 1. The summed E-state index contributed by atoms with van der Waals surface area (Å²) in [5.74, 6) is 0.439. The van der Waals surface area contributed by atoms with Crippen LogP contribution < -0.4 is 0 Å². The summed E-state index contributed by atoms with van der Waals surface area (Å²) in [6.45, 7) is 3.04. The Morgan fingerprint density at radius 1 is 1.50 bits per heavy atom. The van der Waals surface area contributed by atoms with E-state index in [0.717, 1.165) is 11.1 Å². The van der Waals surface area contributed by atoms with Crippen molar-refractivity contribution in [2.24, 2.45) is 0 Å². The van der Waals surface area contributed by atoms with Crippen LogP contribution in [0.15, 0.2) is 18.2 Å². The van der Waals surface area contributed by atoms with Gasteiger partial charge in [0.1, 0.15) is 5.75 Å². The van der Waals surface area contributed by atoms with Crippen LogP contribution in [0.25, 0.3) is 0 Å². The van der Waals surface area contributed by atoms with E-state index in [2.05, 4.69) is 0 Å². The van der Waals surface area contributed by atoms with Crippen molar-refractivity contribution < 1.29 is 9.90 Å². The summed E-state index contributed by atoms with van der Waals surface area (Å²) in [6, 6.07) is 5.44. The minimum absolute atomic E-state index is 0.139. The standard InChI is InChI=1S/C11H13NO2/c1-2-11(14)12-6-8-4-3-5-10(13)9(8)7-12/h3-5,13H,2,6-7H2,1H3. The van der Waals surface area contributed by atoms with Crippen LogP contribution >= 0.6 is 0 Å². The zero-order chi connectivity index (χ0) is 10.1. The van der Waals surface area contributed by atoms with Gasteiger partial charge < -0.3 is 10.0 Å². The second-order valence-electron chi connectivity index (χ2n) is 3.52. The molecular weight excluding hydrogens is 178 g/mol. The molecule has 1 N–H and O–H groups in total. The second-order valence-corrected chi connectivity index (χ2v) is 3.52. The van der Waals surface area contributed by atoms with Crippen molar-refractivity contribution in [3.05, 3.63) is 29.3 Å². The lowest BCUT2D eigenvalue weighted by molar-refractivity contribution is -0.131. The molecule has 1 heterocycles. The molecule has 0 bridgehead atoms. The molecular formula is C11H13NO2. The Kier molecular flexibility index (Phi) is 2.15. The van der Waals surface area contributed by atoms with E-state index in [0.29, 0.717) is 25.3 Å². The molecule has 0 unspecified atom stereocenters. The van der Waals surface area contributed by atoms with Crippen LogP contribution in [0.3, 0.4) is 0 Å². The SMILES string of the molecule is CCC(=O)N1Cc2cccc(O)c2C1. The van der Waals surface area contributed by atoms with Crippen molar-refractivity contribution in [1.29, 1.82) is 0 Å². The Bertz CT molecular complexity index is 374. The van der Waals surface area contributed by atoms with Crippen LogP contribution in [0.4, 0.5) is 0 Å². The number of rotatable bonds is 1. The molecule has 0 aromatic heterocycles. The van der Waals surface area contributed by atoms with Crippen molar-refractivity contribution in [2.45, 2.75) is 26.4 Å². The topological polar surface area (TPSA) is 40.5 Å². The Morgan fingerprint density at radius 3 is 2.93 bits per heavy atom. The van der Waals surface area contributed by atoms with Crippen molar-refractivity contribution in [2.75, 3.05) is 0 Å². The average Bonchev–Trinajstić information content (AvgIpc) is 2.62. The fourth-order valence-electron chi connectivity index (χ4n) is 1.80. The number of benzene rings is 1. The third-order valence-electron chi connectivity index (χ3n) is 2.61. The molecule has 0 radical (unpaired) electrons. The van der Waals surface area contributed by atoms with Crippen LogP contribution in [0.5, 0.6) is 5.75 Å². The van der Waals surface area contributed by atoms with E-state index in [-0.39, 0.29) is 5.91 Å². The first-order chi connectivity index (χ1) is 6.72. The summed E-state index contributed by atoms with van der Waals surface area (Å²) in [5.41, 5.74) is 1.96. The second kappa shape index (κ2) is 3.33. The fourth-order valence-corrected chi connectivity index (χ4v) is 1.80. The van der Waals surface area contributed by atoms with Crippen molar-refractivity contribution in [3.63, 3.8) is 0 Å². The van der Waals surface area contributed by atoms with Crippen LogP contribution in [0, 0.1) is 0 Å². The van der Waals surface area contributed by atoms with Gasteiger partial charge in [-0.1, -0.05) is 19.1 Å². The zero-order valence-corrected chi connectivity index (χ0v) is 8.16. The molecule has 14 heavy (non-hydrogen) atoms. The number of hydrogen-bond donors (Lipinski definition) is 1. The Balaban J connectivity index is 2.26. The molecule has 1 aromatic rings. The number of nitrogens with zero attached hydrogens (tertiary/aromatic N) is 1. The number of phenolic OH excluding ortho intramolecular Hbond substituents is 1. The van der Waals surface area contributed by atoms with Gasteiger partial charge in [0.05, 0.1) is 0 Å². The van der Waals surface area contributed by atoms with Crippen molar-refractivity contribution in [3.8, 4) is 5.75 Å². The number of carbonyl (C=O) groups is 1. The predicted octanol–water partition coefficient (Wildman–Crippen LogP) is 1.64. The van der Waals surface area contributed by atoms with Crippen molar-refractivity contribution in [1.82, 2.24) is 4.90 Å². The molecule has 3 heteroatoms. The number of hydrogen-bond acceptors (Lipinski definition) is 2. The van der Waals surface area contributed by atoms with Gasteiger partial charge in [-0.3, -0.25) is 4.79 Å². The van der Waals surface area contributed by atoms with Gasteiger partial charge in [-0.15, -0.1) is 0 Å². The van der Waals surface area contributed by atoms with Gasteiger partial charge in [0.25, 0.3) is 0 Å². The van der Waals surface area contributed by atoms with Crippen LogP contribution in [-0.2, 0) is 17.9 Å². The highest BCUT2D eigenvalue weighted by Gasteiger charge is 2.23. The van der Waals surface area contributed by atoms with E-state index in [9.17, 15) is 9.90 Å². The van der Waals surface area contributed by atoms with Gasteiger partial charge in [-0.25, -0.2) is 0 Å². The number of carbonyl (C=O) groups excluding carboxylic acids is 1. The Morgan fingerprint density at radius 2 is 2.29 bits per heavy atom. The Hall–Kier alpha value is -1.51. The van der Waals surface area contributed by atoms with E-state index in [1.165, 1.54) is 0 Å². The van der Waals surface area contributed by atoms with E-state index in [1.807, 2.05) is 19.1 Å². The Labute approximate surface area is 83.0 Å². The minimum Gasteiger partial charge on any atom is -0.508 e. The van der Waals surface area contributed by atoms with Gasteiger partial charge >= 0.3 is 0 Å². The highest BCUT2D eigenvalue weighted by Crippen LogP contribution is 2.29. The lowest BCUT2D eigenvalue weighted by Crippen LogP contribution is -2.23. The fraction of sp³-hybridized carbons (Fsp3) is 0.364. The molecule has 1 amide bonds. The molecule has 0 aliphatic carbocycles. The first-order valence-electron chi connectivity index (χ1n) is 4.80. The molecule has 0 atom stereocenters. The molecule has 3 nitrogen and oxygen atoms in total. The smallest absolute Gasteiger partial charge is 0.222 e. The third-order valence-corrected chi connectivity index (χ3v) is 2.61. The number of phenols is 1. The summed E-state index contributed by atoms with van der Waals surface area (Å²) in [6.07, 6.45) is 0.523. The van der Waals surface area contributed by atoms with Crippen LogP contribution in [0.1, 0.15) is 24.5 Å². The van der Waals surface area contributed by atoms with E-state index in [4.69, 9.17) is 0 Å². The quantitative estimate of drug-likeness (QED) is 0.733. The number of aromatic hydroxyl groups is 1. The maximum absolute atomic E-state index is 11.4. The monoisotopic (exact) mass is 191 g/mol. The maximum Gasteiger partial charge on any atom is 0.222 e. The van der Waals surface area contributed by atoms with E-state index >= 15 is 0 Å². The summed E-state index contributed by atoms with van der Waals surface area (Å²) < 4.78 is 0. The molecule has 0 spiro atoms. The molecule has 1 aromatic carbocycles. The minimum atomic E-state index is 0.139. The third kappa shape index (κ3) is 1.35. The van der Waals surface area contributed by atoms with Crippen LogP contribution in [0.2, 0.25) is 0 Å². The molecule has 0 fully saturated rings. The highest BCUT2D eigenvalue weighted by molar-refractivity contribution is 5.76. The maximum atomic E-state index is 11.4. The van der Waals surface area contributed by atoms with E-state index < -0.39 is 0 Å². The summed E-state index contributed by atoms with van der Waals surface area (Å²) >= 11 is 0. The van der Waals surface area contributed by atoms with E-state index in [1.54, 1.807) is 11.0 Å². The molecule has 0 saturated carbocycles. The van der Waals surface area contributed by atoms with Crippen LogP contribution in [-0.4, -0.2) is 15.9 Å². The molecule has 0 saturated heterocycles. The highest BCUT2D eigenvalue weighted by atomic mass is 16.3. The molecule has 1 aliphatic heterocycles. The van der Waals surface area contributed by atoms with Gasteiger partial charge in [0.2, 0.25) is 5.91 Å². The average molecular weight is 191 g/mol. The molecule has 2 rings (SSSR count). The normalized spacial score (nSPS) is 14.2. The first-order valence-corrected chi connectivity index (χ1v) is 4.80. The first kappa shape index (κ1) is 9.06. The predicted molar refractivity (Wildman–Crippen MR) is 52.7 cm³/mol. The largest absolute Gasteiger partial charge is 0.508 e. The summed E-state index contributed by atoms with van der Waals surface area (Å²) in [4.78, 5) is 13.2.